The topological polar surface area (TPSA) is 64.5 Å². The molecule has 0 aliphatic heterocycles. The maximum absolute atomic E-state index is 5.50. The molecule has 0 amide bonds. The molecule has 0 unspecified atom stereocenters. The molecule has 1 heterocycles. The number of hydrogen-bond donors (Lipinski definition) is 1. The highest BCUT2D eigenvalue weighted by Crippen LogP contribution is 2.27. The van der Waals surface area contributed by atoms with Gasteiger partial charge in [-0.3, -0.25) is 0 Å². The van der Waals surface area contributed by atoms with Gasteiger partial charge in [-0.05, 0) is 12.1 Å². The highest BCUT2D eigenvalue weighted by molar-refractivity contribution is 5.57. The van der Waals surface area contributed by atoms with E-state index < -0.39 is 0 Å². The number of aromatic nitrogens is 1. The largest absolute Gasteiger partial charge is 0.495 e. The van der Waals surface area contributed by atoms with E-state index in [0.717, 1.165) is 17.2 Å². The summed E-state index contributed by atoms with van der Waals surface area (Å²) in [6.07, 6.45) is 0. The van der Waals surface area contributed by atoms with Gasteiger partial charge in [0.05, 0.1) is 19.3 Å². The van der Waals surface area contributed by atoms with Crippen molar-refractivity contribution in [2.45, 2.75) is 6.54 Å². The van der Waals surface area contributed by atoms with Gasteiger partial charge in [0.2, 0.25) is 0 Å². The van der Waals surface area contributed by atoms with Crippen LogP contribution >= 0.6 is 0 Å². The second kappa shape index (κ2) is 4.78. The lowest BCUT2D eigenvalue weighted by molar-refractivity contribution is 0.384. The van der Waals surface area contributed by atoms with E-state index in [0.29, 0.717) is 12.4 Å². The minimum atomic E-state index is 0.397. The number of benzene rings is 1. The van der Waals surface area contributed by atoms with Gasteiger partial charge in [-0.25, -0.2) is 0 Å². The van der Waals surface area contributed by atoms with E-state index in [4.69, 9.17) is 15.0 Å². The van der Waals surface area contributed by atoms with Gasteiger partial charge < -0.3 is 19.9 Å². The van der Waals surface area contributed by atoms with Crippen molar-refractivity contribution in [3.63, 3.8) is 0 Å². The van der Waals surface area contributed by atoms with Crippen molar-refractivity contribution >= 4 is 11.5 Å². The first-order chi connectivity index (χ1) is 8.20. The molecule has 0 radical (unpaired) electrons. The highest BCUT2D eigenvalue weighted by Gasteiger charge is 2.10. The van der Waals surface area contributed by atoms with Gasteiger partial charge in [0.15, 0.2) is 11.6 Å². The molecular formula is C12H15N3O2. The van der Waals surface area contributed by atoms with E-state index in [1.54, 1.807) is 13.2 Å². The Morgan fingerprint density at radius 2 is 2.18 bits per heavy atom. The Bertz CT molecular complexity index is 496. The van der Waals surface area contributed by atoms with Gasteiger partial charge in [0, 0.05) is 13.1 Å². The minimum absolute atomic E-state index is 0.397. The summed E-state index contributed by atoms with van der Waals surface area (Å²) >= 11 is 0. The molecule has 0 spiro atoms. The summed E-state index contributed by atoms with van der Waals surface area (Å²) in [6.45, 7) is 0.588. The number of rotatable bonds is 4. The van der Waals surface area contributed by atoms with Crippen LogP contribution in [0.2, 0.25) is 0 Å². The number of ether oxygens (including phenoxy) is 1. The van der Waals surface area contributed by atoms with Crippen molar-refractivity contribution in [2.24, 2.45) is 0 Å². The van der Waals surface area contributed by atoms with Crippen LogP contribution in [0.3, 0.4) is 0 Å². The van der Waals surface area contributed by atoms with Gasteiger partial charge in [-0.2, -0.15) is 0 Å². The molecule has 5 heteroatoms. The Morgan fingerprint density at radius 1 is 1.41 bits per heavy atom. The summed E-state index contributed by atoms with van der Waals surface area (Å²) in [5, 5.41) is 3.65. The summed E-state index contributed by atoms with van der Waals surface area (Å²) in [6, 6.07) is 9.51. The zero-order chi connectivity index (χ0) is 12.3. The molecular weight excluding hydrogens is 218 g/mol. The number of para-hydroxylation sites is 2. The number of anilines is 2. The SMILES string of the molecule is COc1ccccc1N(C)Cc1cc(N)no1. The van der Waals surface area contributed by atoms with Gasteiger partial charge >= 0.3 is 0 Å². The standard InChI is InChI=1S/C12H15N3O2/c1-15(8-9-7-12(13)14-17-9)10-5-3-4-6-11(10)16-2/h3-7H,8H2,1-2H3,(H2,13,14). The number of nitrogen functional groups attached to an aromatic ring is 1. The minimum Gasteiger partial charge on any atom is -0.495 e. The van der Waals surface area contributed by atoms with Crippen molar-refractivity contribution in [3.8, 4) is 5.75 Å². The molecule has 0 atom stereocenters. The molecule has 17 heavy (non-hydrogen) atoms. The van der Waals surface area contributed by atoms with Gasteiger partial charge in [0.1, 0.15) is 5.75 Å². The van der Waals surface area contributed by atoms with Crippen LogP contribution in [-0.2, 0) is 6.54 Å². The van der Waals surface area contributed by atoms with Crippen LogP contribution < -0.4 is 15.4 Å². The molecule has 90 valence electrons. The second-order valence-electron chi connectivity index (χ2n) is 3.75. The van der Waals surface area contributed by atoms with Crippen LogP contribution in [0.1, 0.15) is 5.76 Å². The van der Waals surface area contributed by atoms with Gasteiger partial charge in [-0.1, -0.05) is 17.3 Å². The van der Waals surface area contributed by atoms with Crippen molar-refractivity contribution in [1.29, 1.82) is 0 Å². The first-order valence-electron chi connectivity index (χ1n) is 5.26. The summed E-state index contributed by atoms with van der Waals surface area (Å²) in [7, 11) is 3.61. The molecule has 0 bridgehead atoms. The second-order valence-corrected chi connectivity index (χ2v) is 3.75. The monoisotopic (exact) mass is 233 g/mol. The quantitative estimate of drug-likeness (QED) is 0.873. The van der Waals surface area contributed by atoms with Crippen molar-refractivity contribution in [1.82, 2.24) is 5.16 Å². The van der Waals surface area contributed by atoms with Crippen LogP contribution in [0.15, 0.2) is 34.9 Å². The average Bonchev–Trinajstić information content (AvgIpc) is 2.74. The fourth-order valence-corrected chi connectivity index (χ4v) is 1.67. The van der Waals surface area contributed by atoms with Crippen molar-refractivity contribution < 1.29 is 9.26 Å². The third kappa shape index (κ3) is 2.50. The molecule has 1 aromatic heterocycles. The van der Waals surface area contributed by atoms with Crippen molar-refractivity contribution in [3.05, 3.63) is 36.1 Å². The van der Waals surface area contributed by atoms with Crippen LogP contribution in [0.4, 0.5) is 11.5 Å². The normalized spacial score (nSPS) is 10.2. The van der Waals surface area contributed by atoms with Gasteiger partial charge in [0.25, 0.3) is 0 Å². The lowest BCUT2D eigenvalue weighted by atomic mass is 10.2. The van der Waals surface area contributed by atoms with E-state index >= 15 is 0 Å². The zero-order valence-electron chi connectivity index (χ0n) is 9.88. The Hall–Kier alpha value is -2.17. The summed E-state index contributed by atoms with van der Waals surface area (Å²) < 4.78 is 10.4. The number of nitrogens with two attached hydrogens (primary N) is 1. The first kappa shape index (κ1) is 11.3. The van der Waals surface area contributed by atoms with Gasteiger partial charge in [-0.15, -0.1) is 0 Å². The molecule has 0 aliphatic carbocycles. The van der Waals surface area contributed by atoms with Crippen LogP contribution in [-0.4, -0.2) is 19.3 Å². The average molecular weight is 233 g/mol. The molecule has 2 aromatic rings. The first-order valence-corrected chi connectivity index (χ1v) is 5.26. The Labute approximate surface area is 99.8 Å². The Morgan fingerprint density at radius 3 is 2.82 bits per heavy atom. The fourth-order valence-electron chi connectivity index (χ4n) is 1.67. The Balaban J connectivity index is 2.16. The molecule has 0 saturated heterocycles. The maximum Gasteiger partial charge on any atom is 0.167 e. The van der Waals surface area contributed by atoms with E-state index in [-0.39, 0.29) is 0 Å². The smallest absolute Gasteiger partial charge is 0.167 e. The third-order valence-corrected chi connectivity index (χ3v) is 2.47. The highest BCUT2D eigenvalue weighted by atomic mass is 16.5. The zero-order valence-corrected chi connectivity index (χ0v) is 9.88. The van der Waals surface area contributed by atoms with E-state index in [1.165, 1.54) is 0 Å². The molecule has 5 nitrogen and oxygen atoms in total. The molecule has 1 aromatic carbocycles. The van der Waals surface area contributed by atoms with E-state index in [2.05, 4.69) is 5.16 Å². The lowest BCUT2D eigenvalue weighted by Crippen LogP contribution is -2.16. The van der Waals surface area contributed by atoms with E-state index in [9.17, 15) is 0 Å². The van der Waals surface area contributed by atoms with Crippen LogP contribution in [0.5, 0.6) is 5.75 Å². The third-order valence-electron chi connectivity index (χ3n) is 2.47. The number of hydrogen-bond acceptors (Lipinski definition) is 5. The fraction of sp³-hybridized carbons (Fsp3) is 0.250. The summed E-state index contributed by atoms with van der Waals surface area (Å²) in [5.41, 5.74) is 6.49. The number of methoxy groups -OCH3 is 1. The molecule has 2 rings (SSSR count). The maximum atomic E-state index is 5.50. The van der Waals surface area contributed by atoms with Crippen LogP contribution in [0, 0.1) is 0 Å². The molecule has 2 N–H and O–H groups in total. The lowest BCUT2D eigenvalue weighted by Gasteiger charge is -2.19. The molecule has 0 saturated carbocycles. The predicted octanol–water partition coefficient (Wildman–Crippen LogP) is 1.90. The predicted molar refractivity (Wildman–Crippen MR) is 66.0 cm³/mol. The molecule has 0 fully saturated rings. The van der Waals surface area contributed by atoms with Crippen LogP contribution in [0.25, 0.3) is 0 Å². The summed E-state index contributed by atoms with van der Waals surface area (Å²) in [5.74, 6) is 1.94. The van der Waals surface area contributed by atoms with Crippen molar-refractivity contribution in [2.75, 3.05) is 24.8 Å². The number of nitrogens with zero attached hydrogens (tertiary/aromatic N) is 2. The van der Waals surface area contributed by atoms with E-state index in [1.807, 2.05) is 36.2 Å². The Kier molecular flexibility index (Phi) is 3.18. The summed E-state index contributed by atoms with van der Waals surface area (Å²) in [4.78, 5) is 2.01. The molecule has 0 aliphatic rings.